The van der Waals surface area contributed by atoms with Gasteiger partial charge in [0.15, 0.2) is 0 Å². The molecule has 0 aliphatic carbocycles. The van der Waals surface area contributed by atoms with Crippen molar-refractivity contribution < 1.29 is 4.79 Å². The number of carbonyl (C=O) groups is 1. The molecule has 23 heavy (non-hydrogen) atoms. The van der Waals surface area contributed by atoms with Crippen LogP contribution in [0.4, 0.5) is 0 Å². The summed E-state index contributed by atoms with van der Waals surface area (Å²) < 4.78 is 3.74. The first-order chi connectivity index (χ1) is 11.3. The van der Waals surface area contributed by atoms with Gasteiger partial charge in [0.25, 0.3) is 5.91 Å². The van der Waals surface area contributed by atoms with Crippen LogP contribution < -0.4 is 5.43 Å². The van der Waals surface area contributed by atoms with Crippen LogP contribution in [0.1, 0.15) is 26.8 Å². The molecule has 0 unspecified atom stereocenters. The second kappa shape index (κ2) is 6.84. The number of aryl methyl sites for hydroxylation is 1. The van der Waals surface area contributed by atoms with Gasteiger partial charge in [-0.1, -0.05) is 16.6 Å². The monoisotopic (exact) mass is 324 g/mol. The first kappa shape index (κ1) is 14.9. The van der Waals surface area contributed by atoms with Crippen molar-refractivity contribution in [2.45, 2.75) is 6.92 Å². The zero-order valence-electron chi connectivity index (χ0n) is 12.2. The molecule has 0 saturated carbocycles. The van der Waals surface area contributed by atoms with E-state index in [1.165, 1.54) is 0 Å². The predicted molar refractivity (Wildman–Crippen MR) is 86.2 cm³/mol. The van der Waals surface area contributed by atoms with Crippen LogP contribution in [0.15, 0.2) is 53.9 Å². The normalized spacial score (nSPS) is 10.1. The lowest BCUT2D eigenvalue weighted by Crippen LogP contribution is -2.21. The first-order valence-corrected chi connectivity index (χ1v) is 7.53. The van der Waals surface area contributed by atoms with Gasteiger partial charge in [-0.2, -0.15) is 5.10 Å². The maximum absolute atomic E-state index is 12.2. The van der Waals surface area contributed by atoms with Gasteiger partial charge < -0.3 is 0 Å². The van der Waals surface area contributed by atoms with E-state index in [1.54, 1.807) is 31.5 Å². The van der Waals surface area contributed by atoms with E-state index in [-0.39, 0.29) is 5.91 Å². The quantitative estimate of drug-likeness (QED) is 0.583. The minimum absolute atomic E-state index is 0.359. The van der Waals surface area contributed by atoms with Crippen molar-refractivity contribution in [3.8, 4) is 0 Å². The fourth-order valence-electron chi connectivity index (χ4n) is 1.85. The largest absolute Gasteiger partial charge is 0.285 e. The lowest BCUT2D eigenvalue weighted by molar-refractivity contribution is 0.0958. The van der Waals surface area contributed by atoms with Gasteiger partial charge in [0.05, 0.1) is 17.1 Å². The van der Waals surface area contributed by atoms with E-state index >= 15 is 0 Å². The minimum Gasteiger partial charge on any atom is -0.266 e. The highest BCUT2D eigenvalue weighted by Gasteiger charge is 2.14. The van der Waals surface area contributed by atoms with Crippen LogP contribution in [-0.2, 0) is 0 Å². The standard InChI is InChI=1S/C15H12N6OS/c1-10-14(23-21-18-10)15(22)20-19-13(11-6-2-4-8-16-11)12-7-3-5-9-17-12/h2-9H,1H3,(H,20,22). The number of rotatable bonds is 4. The molecular weight excluding hydrogens is 312 g/mol. The zero-order valence-corrected chi connectivity index (χ0v) is 13.0. The van der Waals surface area contributed by atoms with Gasteiger partial charge in [0, 0.05) is 12.4 Å². The molecule has 7 nitrogen and oxygen atoms in total. The van der Waals surface area contributed by atoms with E-state index in [1.807, 2.05) is 24.3 Å². The summed E-state index contributed by atoms with van der Waals surface area (Å²) in [7, 11) is 0. The maximum Gasteiger partial charge on any atom is 0.285 e. The summed E-state index contributed by atoms with van der Waals surface area (Å²) in [6, 6.07) is 10.9. The van der Waals surface area contributed by atoms with Gasteiger partial charge in [-0.05, 0) is 42.7 Å². The minimum atomic E-state index is -0.359. The Labute approximate surface area is 136 Å². The molecule has 0 saturated heterocycles. The number of hydrazone groups is 1. The first-order valence-electron chi connectivity index (χ1n) is 6.75. The molecule has 3 aromatic rings. The highest BCUT2D eigenvalue weighted by molar-refractivity contribution is 7.07. The van der Waals surface area contributed by atoms with E-state index in [4.69, 9.17) is 0 Å². The number of hydrogen-bond acceptors (Lipinski definition) is 7. The van der Waals surface area contributed by atoms with Crippen LogP contribution in [0.25, 0.3) is 0 Å². The van der Waals surface area contributed by atoms with Crippen molar-refractivity contribution in [1.82, 2.24) is 25.0 Å². The molecule has 0 aliphatic rings. The van der Waals surface area contributed by atoms with Crippen LogP contribution in [-0.4, -0.2) is 31.2 Å². The number of aromatic nitrogens is 4. The van der Waals surface area contributed by atoms with Crippen molar-refractivity contribution in [3.63, 3.8) is 0 Å². The Balaban J connectivity index is 1.93. The average molecular weight is 324 g/mol. The third kappa shape index (κ3) is 3.43. The molecule has 3 aromatic heterocycles. The predicted octanol–water partition coefficient (Wildman–Crippen LogP) is 1.82. The van der Waals surface area contributed by atoms with E-state index in [0.717, 1.165) is 11.5 Å². The van der Waals surface area contributed by atoms with Crippen LogP contribution in [0.5, 0.6) is 0 Å². The Morgan fingerprint density at radius 3 is 2.22 bits per heavy atom. The van der Waals surface area contributed by atoms with Crippen molar-refractivity contribution in [1.29, 1.82) is 0 Å². The van der Waals surface area contributed by atoms with E-state index in [9.17, 15) is 4.79 Å². The van der Waals surface area contributed by atoms with Gasteiger partial charge in [0.2, 0.25) is 0 Å². The van der Waals surface area contributed by atoms with Gasteiger partial charge in [-0.15, -0.1) is 5.10 Å². The molecule has 1 amide bonds. The van der Waals surface area contributed by atoms with Gasteiger partial charge in [-0.3, -0.25) is 14.8 Å². The molecular formula is C15H12N6OS. The van der Waals surface area contributed by atoms with Crippen molar-refractivity contribution in [2.24, 2.45) is 5.10 Å². The maximum atomic E-state index is 12.2. The number of amides is 1. The molecule has 3 rings (SSSR count). The third-order valence-electron chi connectivity index (χ3n) is 2.94. The molecule has 8 heteroatoms. The van der Waals surface area contributed by atoms with Crippen LogP contribution in [0, 0.1) is 6.92 Å². The zero-order chi connectivity index (χ0) is 16.1. The molecule has 0 bridgehead atoms. The average Bonchev–Trinajstić information content (AvgIpc) is 3.03. The number of carbonyl (C=O) groups excluding carboxylic acids is 1. The van der Waals surface area contributed by atoms with E-state index in [2.05, 4.69) is 30.1 Å². The van der Waals surface area contributed by atoms with E-state index in [0.29, 0.717) is 27.7 Å². The molecule has 0 fully saturated rings. The van der Waals surface area contributed by atoms with Crippen molar-refractivity contribution in [2.75, 3.05) is 0 Å². The summed E-state index contributed by atoms with van der Waals surface area (Å²) in [5, 5.41) is 8.02. The Bertz CT molecular complexity index is 790. The SMILES string of the molecule is Cc1nnsc1C(=O)NN=C(c1ccccn1)c1ccccn1. The van der Waals surface area contributed by atoms with E-state index < -0.39 is 0 Å². The molecule has 114 valence electrons. The third-order valence-corrected chi connectivity index (χ3v) is 3.77. The molecule has 0 aromatic carbocycles. The smallest absolute Gasteiger partial charge is 0.266 e. The highest BCUT2D eigenvalue weighted by Crippen LogP contribution is 2.09. The summed E-state index contributed by atoms with van der Waals surface area (Å²) in [5.41, 5.74) is 4.81. The molecule has 0 aliphatic heterocycles. The van der Waals surface area contributed by atoms with Crippen LogP contribution in [0.2, 0.25) is 0 Å². The fraction of sp³-hybridized carbons (Fsp3) is 0.0667. The summed E-state index contributed by atoms with van der Waals surface area (Å²) >= 11 is 1.03. The lowest BCUT2D eigenvalue weighted by Gasteiger charge is -2.05. The number of nitrogens with one attached hydrogen (secondary N) is 1. The summed E-state index contributed by atoms with van der Waals surface area (Å²) in [6.07, 6.45) is 3.32. The number of hydrogen-bond donors (Lipinski definition) is 1. The Hall–Kier alpha value is -3.00. The summed E-state index contributed by atoms with van der Waals surface area (Å²) in [5.74, 6) is -0.359. The Morgan fingerprint density at radius 2 is 1.74 bits per heavy atom. The number of nitrogens with zero attached hydrogens (tertiary/aromatic N) is 5. The van der Waals surface area contributed by atoms with Gasteiger partial charge in [-0.25, -0.2) is 5.43 Å². The van der Waals surface area contributed by atoms with Gasteiger partial charge in [0.1, 0.15) is 10.6 Å². The van der Waals surface area contributed by atoms with Crippen LogP contribution >= 0.6 is 11.5 Å². The van der Waals surface area contributed by atoms with Crippen LogP contribution in [0.3, 0.4) is 0 Å². The van der Waals surface area contributed by atoms with Gasteiger partial charge >= 0.3 is 0 Å². The van der Waals surface area contributed by atoms with Crippen molar-refractivity contribution >= 4 is 23.2 Å². The summed E-state index contributed by atoms with van der Waals surface area (Å²) in [6.45, 7) is 1.72. The van der Waals surface area contributed by atoms with Crippen molar-refractivity contribution in [3.05, 3.63) is 70.8 Å². The molecule has 0 atom stereocenters. The Kier molecular flexibility index (Phi) is 4.44. The molecule has 0 radical (unpaired) electrons. The lowest BCUT2D eigenvalue weighted by atomic mass is 10.1. The number of pyridine rings is 2. The second-order valence-corrected chi connectivity index (χ2v) is 5.27. The fourth-order valence-corrected chi connectivity index (χ4v) is 2.40. The molecule has 1 N–H and O–H groups in total. The molecule has 3 heterocycles. The second-order valence-electron chi connectivity index (χ2n) is 4.52. The summed E-state index contributed by atoms with van der Waals surface area (Å²) in [4.78, 5) is 21.1. The topological polar surface area (TPSA) is 93.0 Å². The highest BCUT2D eigenvalue weighted by atomic mass is 32.1. The Morgan fingerprint density at radius 1 is 1.09 bits per heavy atom. The molecule has 0 spiro atoms.